The summed E-state index contributed by atoms with van der Waals surface area (Å²) >= 11 is 0. The van der Waals surface area contributed by atoms with E-state index < -0.39 is 0 Å². The van der Waals surface area contributed by atoms with E-state index in [9.17, 15) is 0 Å². The molecule has 0 aromatic heterocycles. The second-order valence-corrected chi connectivity index (χ2v) is 4.73. The van der Waals surface area contributed by atoms with Crippen LogP contribution in [0.4, 0.5) is 0 Å². The van der Waals surface area contributed by atoms with E-state index in [0.29, 0.717) is 5.54 Å². The maximum Gasteiger partial charge on any atom is 0.0267 e. The van der Waals surface area contributed by atoms with Crippen LogP contribution in [0.1, 0.15) is 12.5 Å². The highest BCUT2D eigenvalue weighted by atomic mass is 28.1. The molecule has 0 bridgehead atoms. The Hall–Kier alpha value is -1.08. The second-order valence-electron chi connectivity index (χ2n) is 3.74. The lowest BCUT2D eigenvalue weighted by atomic mass is 10.0. The molecule has 0 heterocycles. The Kier molecular flexibility index (Phi) is 2.68. The molecule has 0 aliphatic carbocycles. The van der Waals surface area contributed by atoms with Gasteiger partial charge in [0.1, 0.15) is 0 Å². The molecule has 0 aliphatic rings. The van der Waals surface area contributed by atoms with Crippen LogP contribution in [-0.4, -0.2) is 10.2 Å². The summed E-state index contributed by atoms with van der Waals surface area (Å²) in [6.45, 7) is 2.18. The molecule has 2 aromatic carbocycles. The van der Waals surface area contributed by atoms with Crippen molar-refractivity contribution >= 4 is 21.0 Å². The molecule has 0 saturated heterocycles. The van der Waals surface area contributed by atoms with Crippen molar-refractivity contribution in [3.63, 3.8) is 0 Å². The van der Waals surface area contributed by atoms with E-state index in [1.54, 1.807) is 0 Å². The van der Waals surface area contributed by atoms with Gasteiger partial charge in [-0.15, -0.1) is 0 Å². The number of hydrogen-bond acceptors (Lipinski definition) is 0. The van der Waals surface area contributed by atoms with Crippen molar-refractivity contribution < 1.29 is 0 Å². The molecular weight excluding hydrogens is 184 g/mol. The van der Waals surface area contributed by atoms with Crippen LogP contribution < -0.4 is 0 Å². The van der Waals surface area contributed by atoms with Crippen LogP contribution in [0.15, 0.2) is 42.5 Å². The lowest BCUT2D eigenvalue weighted by molar-refractivity contribution is 0.923. The maximum absolute atomic E-state index is 3.65. The minimum absolute atomic E-state index is 0.529. The first-order valence-corrected chi connectivity index (χ1v) is 5.53. The van der Waals surface area contributed by atoms with Gasteiger partial charge in [-0.3, -0.25) is 0 Å². The molecule has 0 saturated carbocycles. The second kappa shape index (κ2) is 3.97. The molecule has 69 valence electrons. The van der Waals surface area contributed by atoms with Crippen molar-refractivity contribution in [3.05, 3.63) is 48.0 Å². The van der Waals surface area contributed by atoms with Crippen LogP contribution in [-0.2, 0) is 6.42 Å². The Bertz CT molecular complexity index is 427. The number of benzene rings is 2. The highest BCUT2D eigenvalue weighted by molar-refractivity contribution is 6.11. The Labute approximate surface area is 88.4 Å². The fraction of sp³-hybridized carbons (Fsp3) is 0.231. The lowest BCUT2D eigenvalue weighted by Gasteiger charge is -2.08. The van der Waals surface area contributed by atoms with Gasteiger partial charge in [0.2, 0.25) is 0 Å². The Morgan fingerprint density at radius 3 is 2.57 bits per heavy atom. The van der Waals surface area contributed by atoms with Crippen molar-refractivity contribution in [3.8, 4) is 0 Å². The smallest absolute Gasteiger partial charge is 0.0267 e. The average molecular weight is 197 g/mol. The predicted molar refractivity (Wildman–Crippen MR) is 62.8 cm³/mol. The summed E-state index contributed by atoms with van der Waals surface area (Å²) in [5, 5.41) is 2.71. The number of hydrogen-bond donors (Lipinski definition) is 0. The van der Waals surface area contributed by atoms with Gasteiger partial charge >= 0.3 is 0 Å². The first-order chi connectivity index (χ1) is 6.77. The Morgan fingerprint density at radius 1 is 1.07 bits per heavy atom. The van der Waals surface area contributed by atoms with Gasteiger partial charge in [0.25, 0.3) is 0 Å². The van der Waals surface area contributed by atoms with Crippen molar-refractivity contribution in [1.29, 1.82) is 0 Å². The quantitative estimate of drug-likeness (QED) is 0.648. The fourth-order valence-electron chi connectivity index (χ4n) is 1.80. The molecule has 2 aromatic rings. The molecule has 14 heavy (non-hydrogen) atoms. The predicted octanol–water partition coefficient (Wildman–Crippen LogP) is 3.36. The van der Waals surface area contributed by atoms with Crippen LogP contribution in [0.2, 0.25) is 5.54 Å². The van der Waals surface area contributed by atoms with Crippen LogP contribution in [0, 0.1) is 0 Å². The van der Waals surface area contributed by atoms with E-state index in [4.69, 9.17) is 0 Å². The van der Waals surface area contributed by atoms with E-state index in [1.807, 2.05) is 0 Å². The third-order valence-corrected chi connectivity index (χ3v) is 2.61. The maximum atomic E-state index is 3.65. The minimum Gasteiger partial charge on any atom is -0.0653 e. The monoisotopic (exact) mass is 197 g/mol. The van der Waals surface area contributed by atoms with E-state index in [-0.39, 0.29) is 0 Å². The van der Waals surface area contributed by atoms with E-state index in [1.165, 1.54) is 16.3 Å². The molecule has 0 spiro atoms. The molecule has 1 atom stereocenters. The van der Waals surface area contributed by atoms with Gasteiger partial charge in [-0.05, 0) is 22.8 Å². The van der Waals surface area contributed by atoms with E-state index >= 15 is 0 Å². The third kappa shape index (κ3) is 1.88. The SMILES string of the molecule is CC([Si])Cc1cccc2ccccc12. The molecule has 2 rings (SSSR count). The van der Waals surface area contributed by atoms with Crippen LogP contribution in [0.25, 0.3) is 10.8 Å². The van der Waals surface area contributed by atoms with Gasteiger partial charge in [-0.2, -0.15) is 0 Å². The first-order valence-electron chi connectivity index (χ1n) is 4.95. The molecule has 1 heteroatoms. The summed E-state index contributed by atoms with van der Waals surface area (Å²) in [7, 11) is 3.65. The van der Waals surface area contributed by atoms with Crippen LogP contribution >= 0.6 is 0 Å². The van der Waals surface area contributed by atoms with Gasteiger partial charge in [0.15, 0.2) is 0 Å². The first kappa shape index (κ1) is 9.47. The summed E-state index contributed by atoms with van der Waals surface area (Å²) in [6, 6.07) is 15.0. The number of rotatable bonds is 2. The largest absolute Gasteiger partial charge is 0.0653 e. The third-order valence-electron chi connectivity index (χ3n) is 2.41. The fourth-order valence-corrected chi connectivity index (χ4v) is 2.02. The molecule has 0 nitrogen and oxygen atoms in total. The lowest BCUT2D eigenvalue weighted by Crippen LogP contribution is -1.93. The normalized spacial score (nSPS) is 13.0. The average Bonchev–Trinajstić information content (AvgIpc) is 2.18. The molecule has 0 fully saturated rings. The molecular formula is C13H13Si. The topological polar surface area (TPSA) is 0 Å². The van der Waals surface area contributed by atoms with Crippen molar-refractivity contribution in [2.24, 2.45) is 0 Å². The zero-order valence-electron chi connectivity index (χ0n) is 8.33. The van der Waals surface area contributed by atoms with Crippen molar-refractivity contribution in [2.45, 2.75) is 18.9 Å². The molecule has 3 radical (unpaired) electrons. The van der Waals surface area contributed by atoms with Gasteiger partial charge in [0, 0.05) is 10.2 Å². The molecule has 0 amide bonds. The zero-order chi connectivity index (χ0) is 9.97. The summed E-state index contributed by atoms with van der Waals surface area (Å²) < 4.78 is 0. The van der Waals surface area contributed by atoms with Crippen molar-refractivity contribution in [1.82, 2.24) is 0 Å². The van der Waals surface area contributed by atoms with Gasteiger partial charge < -0.3 is 0 Å². The van der Waals surface area contributed by atoms with E-state index in [2.05, 4.69) is 59.6 Å². The zero-order valence-corrected chi connectivity index (χ0v) is 9.33. The van der Waals surface area contributed by atoms with Gasteiger partial charge in [-0.1, -0.05) is 54.9 Å². The van der Waals surface area contributed by atoms with Crippen LogP contribution in [0.5, 0.6) is 0 Å². The summed E-state index contributed by atoms with van der Waals surface area (Å²) in [5.41, 5.74) is 1.95. The Morgan fingerprint density at radius 2 is 1.79 bits per heavy atom. The minimum atomic E-state index is 0.529. The molecule has 0 N–H and O–H groups in total. The van der Waals surface area contributed by atoms with Crippen molar-refractivity contribution in [2.75, 3.05) is 0 Å². The molecule has 0 aliphatic heterocycles. The standard InChI is InChI=1S/C13H13Si/c1-10(14)9-12-7-4-6-11-5-2-3-8-13(11)12/h2-8,10H,9H2,1H3. The van der Waals surface area contributed by atoms with E-state index in [0.717, 1.165) is 6.42 Å². The molecule has 1 unspecified atom stereocenters. The highest BCUT2D eigenvalue weighted by Gasteiger charge is 2.01. The highest BCUT2D eigenvalue weighted by Crippen LogP contribution is 2.21. The number of fused-ring (bicyclic) bond motifs is 1. The van der Waals surface area contributed by atoms with Gasteiger partial charge in [0.05, 0.1) is 0 Å². The summed E-state index contributed by atoms with van der Waals surface area (Å²) in [6.07, 6.45) is 1.08. The van der Waals surface area contributed by atoms with Gasteiger partial charge in [-0.25, -0.2) is 0 Å². The summed E-state index contributed by atoms with van der Waals surface area (Å²) in [5.74, 6) is 0. The van der Waals surface area contributed by atoms with Crippen LogP contribution in [0.3, 0.4) is 0 Å². The summed E-state index contributed by atoms with van der Waals surface area (Å²) in [4.78, 5) is 0. The Balaban J connectivity index is 2.53.